The van der Waals surface area contributed by atoms with Crippen LogP contribution in [0.5, 0.6) is 0 Å². The van der Waals surface area contributed by atoms with Crippen molar-refractivity contribution in [2.45, 2.75) is 90.6 Å². The largest absolute Gasteiger partial charge is 0.407 e. The van der Waals surface area contributed by atoms with Crippen molar-refractivity contribution in [3.05, 3.63) is 109 Å². The molecule has 0 aromatic rings. The number of fused-ring (bicyclic) bond motifs is 2. The monoisotopic (exact) mass is 516 g/mol. The highest BCUT2D eigenvalue weighted by molar-refractivity contribution is 6.74. The number of allylic oxidation sites excluding steroid dienone is 6. The molecule has 2 saturated carbocycles. The van der Waals surface area contributed by atoms with Gasteiger partial charge in [-0.15, -0.1) is 0 Å². The molecule has 4 aliphatic carbocycles. The molecule has 2 nitrogen and oxygen atoms in total. The van der Waals surface area contributed by atoms with Crippen molar-refractivity contribution in [3.63, 3.8) is 0 Å². The van der Waals surface area contributed by atoms with Gasteiger partial charge >= 0.3 is 0 Å². The van der Waals surface area contributed by atoms with Crippen molar-refractivity contribution in [2.75, 3.05) is 0 Å². The van der Waals surface area contributed by atoms with E-state index in [1.165, 1.54) is 35.5 Å². The summed E-state index contributed by atoms with van der Waals surface area (Å²) in [7, 11) is -3.84. The average Bonchev–Trinajstić information content (AvgIpc) is 3.28. The lowest BCUT2D eigenvalue weighted by molar-refractivity contribution is 0.328. The van der Waals surface area contributed by atoms with Gasteiger partial charge < -0.3 is 8.85 Å². The molecule has 36 heavy (non-hydrogen) atoms. The highest BCUT2D eigenvalue weighted by atomic mass is 28.4. The summed E-state index contributed by atoms with van der Waals surface area (Å²) in [4.78, 5) is 0. The van der Waals surface area contributed by atoms with Gasteiger partial charge in [0, 0.05) is 36.5 Å². The normalized spacial score (nSPS) is 24.4. The van der Waals surface area contributed by atoms with Gasteiger partial charge in [-0.2, -0.15) is 0 Å². The van der Waals surface area contributed by atoms with Crippen LogP contribution in [0, 0.1) is 60.6 Å². The molecule has 4 aliphatic rings. The zero-order valence-corrected chi connectivity index (χ0v) is 26.0. The second-order valence-corrected chi connectivity index (χ2v) is 22.8. The molecule has 0 aromatic heterocycles. The minimum absolute atomic E-state index is 0.167. The molecule has 0 aromatic carbocycles. The van der Waals surface area contributed by atoms with Crippen molar-refractivity contribution < 1.29 is 8.85 Å². The zero-order valence-electron chi connectivity index (χ0n) is 24.0. The van der Waals surface area contributed by atoms with Crippen LogP contribution in [0.2, 0.25) is 36.3 Å². The van der Waals surface area contributed by atoms with E-state index in [1.54, 1.807) is 0 Å². The molecule has 0 unspecified atom stereocenters. The molecule has 0 atom stereocenters. The van der Waals surface area contributed by atoms with Crippen LogP contribution in [0.15, 0.2) is 48.6 Å². The van der Waals surface area contributed by atoms with Crippen LogP contribution in [0.25, 0.3) is 0 Å². The predicted molar refractivity (Wildman–Crippen MR) is 157 cm³/mol. The lowest BCUT2D eigenvalue weighted by Gasteiger charge is -2.39. The SMILES string of the molecule is CC(C)(C)[Si](C)(C)O[C]1[CH][C](CC[C]2[CH][C](O[Si](C)(C)C(C)(C)C)[C]3C=CC=C[C]23)[C]2C=CC=C[C]12. The van der Waals surface area contributed by atoms with Gasteiger partial charge in [-0.05, 0) is 60.9 Å². The minimum atomic E-state index is -1.92. The first-order chi connectivity index (χ1) is 16.6. The standard InChI is InChI=1S/C32H44O2Si2/c1-31(2,3)35(7,8)33-29-21-23(25-15-11-13-17-27(25)29)19-20-24-22-30(28-18-14-12-16-26(24)28)34-36(9,10)32(4,5)6/h11-18,21-22H,19-20H2,1-10H3. The van der Waals surface area contributed by atoms with Crippen LogP contribution in [0.3, 0.4) is 0 Å². The Morgan fingerprint density at radius 1 is 0.528 bits per heavy atom. The Balaban J connectivity index is 1.43. The summed E-state index contributed by atoms with van der Waals surface area (Å²) in [6, 6.07) is 0. The van der Waals surface area contributed by atoms with Gasteiger partial charge in [-0.1, -0.05) is 90.2 Å². The maximum atomic E-state index is 6.80. The second kappa shape index (κ2) is 10.1. The van der Waals surface area contributed by atoms with Gasteiger partial charge in [-0.25, -0.2) is 0 Å². The Morgan fingerprint density at radius 2 is 0.833 bits per heavy atom. The van der Waals surface area contributed by atoms with E-state index in [9.17, 15) is 0 Å². The number of hydrogen-bond donors (Lipinski definition) is 0. The van der Waals surface area contributed by atoms with E-state index in [0.717, 1.165) is 25.0 Å². The Morgan fingerprint density at radius 3 is 1.14 bits per heavy atom. The molecule has 2 fully saturated rings. The van der Waals surface area contributed by atoms with Crippen LogP contribution >= 0.6 is 0 Å². The molecule has 4 heteroatoms. The Bertz CT molecular complexity index is 824. The van der Waals surface area contributed by atoms with Crippen LogP contribution < -0.4 is 0 Å². The van der Waals surface area contributed by atoms with E-state index >= 15 is 0 Å². The number of rotatable bonds is 7. The van der Waals surface area contributed by atoms with E-state index in [2.05, 4.69) is 129 Å². The van der Waals surface area contributed by atoms with Crippen LogP contribution in [-0.2, 0) is 8.85 Å². The van der Waals surface area contributed by atoms with Crippen molar-refractivity contribution in [3.8, 4) is 0 Å². The lowest BCUT2D eigenvalue weighted by atomic mass is 9.79. The molecule has 0 amide bonds. The summed E-state index contributed by atoms with van der Waals surface area (Å²) in [5.74, 6) is 7.87. The summed E-state index contributed by atoms with van der Waals surface area (Å²) in [6.45, 7) is 23.1. The maximum Gasteiger partial charge on any atom is 0.193 e. The smallest absolute Gasteiger partial charge is 0.193 e. The van der Waals surface area contributed by atoms with Crippen molar-refractivity contribution in [1.82, 2.24) is 0 Å². The highest BCUT2D eigenvalue weighted by Gasteiger charge is 2.51. The second-order valence-electron chi connectivity index (χ2n) is 13.4. The van der Waals surface area contributed by atoms with Gasteiger partial charge in [0.25, 0.3) is 0 Å². The third kappa shape index (κ3) is 5.67. The fourth-order valence-electron chi connectivity index (χ4n) is 4.29. The van der Waals surface area contributed by atoms with Crippen molar-refractivity contribution in [2.24, 2.45) is 0 Å². The van der Waals surface area contributed by atoms with Gasteiger partial charge in [0.15, 0.2) is 16.6 Å². The van der Waals surface area contributed by atoms with E-state index in [-0.39, 0.29) is 10.1 Å². The van der Waals surface area contributed by atoms with Gasteiger partial charge in [0.2, 0.25) is 0 Å². The van der Waals surface area contributed by atoms with Crippen molar-refractivity contribution in [1.29, 1.82) is 0 Å². The summed E-state index contributed by atoms with van der Waals surface area (Å²) >= 11 is 0. The van der Waals surface area contributed by atoms with E-state index in [0.29, 0.717) is 0 Å². The van der Waals surface area contributed by atoms with Gasteiger partial charge in [0.1, 0.15) is 0 Å². The third-order valence-corrected chi connectivity index (χ3v) is 17.4. The quantitative estimate of drug-likeness (QED) is 0.314. The fourth-order valence-corrected chi connectivity index (χ4v) is 6.34. The van der Waals surface area contributed by atoms with Crippen LogP contribution in [0.4, 0.5) is 0 Å². The van der Waals surface area contributed by atoms with Crippen molar-refractivity contribution >= 4 is 16.6 Å². The number of hydrogen-bond acceptors (Lipinski definition) is 2. The molecule has 4 rings (SSSR count). The highest BCUT2D eigenvalue weighted by Crippen LogP contribution is 2.58. The van der Waals surface area contributed by atoms with Gasteiger partial charge in [-0.3, -0.25) is 0 Å². The molecule has 0 spiro atoms. The first-order valence-electron chi connectivity index (χ1n) is 13.3. The van der Waals surface area contributed by atoms with Crippen LogP contribution in [0.1, 0.15) is 54.4 Å². The minimum Gasteiger partial charge on any atom is -0.407 e. The van der Waals surface area contributed by atoms with Crippen LogP contribution in [-0.4, -0.2) is 16.6 Å². The molecule has 192 valence electrons. The molecular weight excluding hydrogens is 473 g/mol. The Hall–Kier alpha value is -0.686. The summed E-state index contributed by atoms with van der Waals surface area (Å²) in [6.07, 6.45) is 26.2. The lowest BCUT2D eigenvalue weighted by Crippen LogP contribution is -2.42. The topological polar surface area (TPSA) is 18.5 Å². The maximum absolute atomic E-state index is 6.80. The summed E-state index contributed by atoms with van der Waals surface area (Å²) in [5.41, 5.74) is 0. The Labute approximate surface area is 225 Å². The average molecular weight is 517 g/mol. The molecule has 10 radical (unpaired) electrons. The molecule has 0 heterocycles. The molecular formula is C32H44O2Si2. The summed E-state index contributed by atoms with van der Waals surface area (Å²) < 4.78 is 13.6. The first-order valence-corrected chi connectivity index (χ1v) is 19.1. The van der Waals surface area contributed by atoms with E-state index in [4.69, 9.17) is 8.85 Å². The fraction of sp³-hybridized carbons (Fsp3) is 0.438. The molecule has 0 saturated heterocycles. The molecule has 0 aliphatic heterocycles. The van der Waals surface area contributed by atoms with E-state index < -0.39 is 16.6 Å². The van der Waals surface area contributed by atoms with E-state index in [1.807, 2.05) is 0 Å². The molecule has 0 bridgehead atoms. The summed E-state index contributed by atoms with van der Waals surface area (Å²) in [5, 5.41) is 0.334. The molecule has 0 N–H and O–H groups in total. The van der Waals surface area contributed by atoms with Gasteiger partial charge in [0.05, 0.1) is 12.2 Å². The zero-order chi connectivity index (χ0) is 26.5. The third-order valence-electron chi connectivity index (χ3n) is 8.69. The predicted octanol–water partition coefficient (Wildman–Crippen LogP) is 9.01. The first kappa shape index (κ1) is 28.3. The Kier molecular flexibility index (Phi) is 7.97.